The van der Waals surface area contributed by atoms with Crippen LogP contribution in [0, 0.1) is 5.92 Å². The molecule has 0 spiro atoms. The van der Waals surface area contributed by atoms with E-state index in [2.05, 4.69) is 49.0 Å². The molecule has 22 heavy (non-hydrogen) atoms. The fourth-order valence-corrected chi connectivity index (χ4v) is 3.86. The SMILES string of the molecule is CCc1ccc(NCC2CCC(NSC(C)C)CC2)c(Cl)c1. The highest BCUT2D eigenvalue weighted by molar-refractivity contribution is 7.98. The van der Waals surface area contributed by atoms with Crippen LogP contribution in [0.1, 0.15) is 52.0 Å². The molecule has 2 rings (SSSR count). The lowest BCUT2D eigenvalue weighted by Gasteiger charge is -2.29. The van der Waals surface area contributed by atoms with E-state index in [1.54, 1.807) is 0 Å². The van der Waals surface area contributed by atoms with E-state index in [1.165, 1.54) is 31.2 Å². The predicted molar refractivity (Wildman–Crippen MR) is 101 cm³/mol. The first-order chi connectivity index (χ1) is 10.6. The Hall–Kier alpha value is -0.380. The van der Waals surface area contributed by atoms with Gasteiger partial charge in [0, 0.05) is 17.8 Å². The van der Waals surface area contributed by atoms with Gasteiger partial charge in [0.1, 0.15) is 0 Å². The quantitative estimate of drug-likeness (QED) is 0.639. The van der Waals surface area contributed by atoms with E-state index in [0.29, 0.717) is 11.3 Å². The summed E-state index contributed by atoms with van der Waals surface area (Å²) in [5.41, 5.74) is 2.37. The molecule has 0 aliphatic heterocycles. The van der Waals surface area contributed by atoms with Crippen molar-refractivity contribution in [2.45, 2.75) is 64.2 Å². The molecule has 0 aromatic heterocycles. The van der Waals surface area contributed by atoms with Crippen LogP contribution in [0.5, 0.6) is 0 Å². The summed E-state index contributed by atoms with van der Waals surface area (Å²) < 4.78 is 3.61. The number of hydrogen-bond acceptors (Lipinski definition) is 3. The average molecular weight is 341 g/mol. The predicted octanol–water partition coefficient (Wildman–Crippen LogP) is 5.52. The first-order valence-corrected chi connectivity index (χ1v) is 9.77. The highest BCUT2D eigenvalue weighted by Gasteiger charge is 2.21. The lowest BCUT2D eigenvalue weighted by atomic mass is 9.86. The normalized spacial score (nSPS) is 22.0. The summed E-state index contributed by atoms with van der Waals surface area (Å²) in [4.78, 5) is 0. The van der Waals surface area contributed by atoms with Crippen LogP contribution in [0.15, 0.2) is 18.2 Å². The van der Waals surface area contributed by atoms with E-state index in [0.717, 1.165) is 29.6 Å². The third-order valence-electron chi connectivity index (χ3n) is 4.34. The number of hydrogen-bond donors (Lipinski definition) is 2. The number of aryl methyl sites for hydroxylation is 1. The minimum atomic E-state index is 0.660. The maximum absolute atomic E-state index is 6.34. The van der Waals surface area contributed by atoms with E-state index in [-0.39, 0.29) is 0 Å². The molecular weight excluding hydrogens is 312 g/mol. The van der Waals surface area contributed by atoms with E-state index in [9.17, 15) is 0 Å². The van der Waals surface area contributed by atoms with Gasteiger partial charge in [-0.25, -0.2) is 0 Å². The number of anilines is 1. The monoisotopic (exact) mass is 340 g/mol. The van der Waals surface area contributed by atoms with Crippen molar-refractivity contribution in [2.75, 3.05) is 11.9 Å². The second-order valence-corrected chi connectivity index (χ2v) is 8.37. The number of benzene rings is 1. The summed E-state index contributed by atoms with van der Waals surface area (Å²) in [7, 11) is 0. The third-order valence-corrected chi connectivity index (χ3v) is 5.59. The van der Waals surface area contributed by atoms with Crippen molar-refractivity contribution in [3.8, 4) is 0 Å². The van der Waals surface area contributed by atoms with E-state index in [1.807, 2.05) is 11.9 Å². The van der Waals surface area contributed by atoms with Crippen LogP contribution >= 0.6 is 23.5 Å². The molecule has 124 valence electrons. The van der Waals surface area contributed by atoms with Crippen LogP contribution in [0.25, 0.3) is 0 Å². The Labute approximate surface area is 144 Å². The maximum Gasteiger partial charge on any atom is 0.0640 e. The Bertz CT molecular complexity index is 456. The van der Waals surface area contributed by atoms with Gasteiger partial charge in [-0.05, 0) is 55.7 Å². The highest BCUT2D eigenvalue weighted by atomic mass is 35.5. The summed E-state index contributed by atoms with van der Waals surface area (Å²) >= 11 is 8.22. The summed E-state index contributed by atoms with van der Waals surface area (Å²) in [5, 5.41) is 5.05. The molecule has 0 heterocycles. The fourth-order valence-electron chi connectivity index (χ4n) is 2.89. The zero-order valence-corrected chi connectivity index (χ0v) is 15.6. The molecule has 0 unspecified atom stereocenters. The van der Waals surface area contributed by atoms with Crippen LogP contribution in [-0.2, 0) is 6.42 Å². The Balaban J connectivity index is 1.72. The van der Waals surface area contributed by atoms with Crippen LogP contribution in [0.4, 0.5) is 5.69 Å². The van der Waals surface area contributed by atoms with Gasteiger partial charge in [0.25, 0.3) is 0 Å². The molecule has 2 N–H and O–H groups in total. The Morgan fingerprint density at radius 2 is 1.95 bits per heavy atom. The highest BCUT2D eigenvalue weighted by Crippen LogP contribution is 2.28. The van der Waals surface area contributed by atoms with Crippen LogP contribution in [0.2, 0.25) is 5.02 Å². The minimum Gasteiger partial charge on any atom is -0.384 e. The molecule has 1 fully saturated rings. The summed E-state index contributed by atoms with van der Waals surface area (Å²) in [6.07, 6.45) is 6.20. The van der Waals surface area contributed by atoms with Crippen molar-refractivity contribution >= 4 is 29.2 Å². The molecule has 1 aromatic carbocycles. The molecule has 2 nitrogen and oxygen atoms in total. The van der Waals surface area contributed by atoms with Crippen molar-refractivity contribution in [2.24, 2.45) is 5.92 Å². The summed E-state index contributed by atoms with van der Waals surface area (Å²) in [6.45, 7) is 7.67. The second kappa shape index (κ2) is 9.05. The largest absolute Gasteiger partial charge is 0.384 e. The Morgan fingerprint density at radius 3 is 2.55 bits per heavy atom. The van der Waals surface area contributed by atoms with Gasteiger partial charge in [0.2, 0.25) is 0 Å². The van der Waals surface area contributed by atoms with E-state index in [4.69, 9.17) is 11.6 Å². The average Bonchev–Trinajstić information content (AvgIpc) is 2.52. The maximum atomic E-state index is 6.34. The number of rotatable bonds is 7. The zero-order valence-electron chi connectivity index (χ0n) is 14.0. The number of nitrogens with one attached hydrogen (secondary N) is 2. The molecule has 1 aromatic rings. The molecule has 0 bridgehead atoms. The molecule has 1 saturated carbocycles. The van der Waals surface area contributed by atoms with Crippen molar-refractivity contribution in [1.82, 2.24) is 4.72 Å². The molecule has 4 heteroatoms. The van der Waals surface area contributed by atoms with E-state index < -0.39 is 0 Å². The Kier molecular flexibility index (Phi) is 7.39. The van der Waals surface area contributed by atoms with Gasteiger partial charge in [-0.3, -0.25) is 4.72 Å². The van der Waals surface area contributed by atoms with Crippen molar-refractivity contribution in [1.29, 1.82) is 0 Å². The lowest BCUT2D eigenvalue weighted by Crippen LogP contribution is -2.31. The van der Waals surface area contributed by atoms with Gasteiger partial charge in [0.15, 0.2) is 0 Å². The molecule has 0 saturated heterocycles. The van der Waals surface area contributed by atoms with Gasteiger partial charge >= 0.3 is 0 Å². The van der Waals surface area contributed by atoms with Crippen LogP contribution in [0.3, 0.4) is 0 Å². The van der Waals surface area contributed by atoms with Gasteiger partial charge in [0.05, 0.1) is 10.7 Å². The van der Waals surface area contributed by atoms with Gasteiger partial charge in [-0.1, -0.05) is 50.4 Å². The third kappa shape index (κ3) is 5.68. The standard InChI is InChI=1S/C18H29ClN2S/c1-4-14-7-10-18(17(19)11-14)20-12-15-5-8-16(9-6-15)21-22-13(2)3/h7,10-11,13,15-16,20-21H,4-6,8-9,12H2,1-3H3. The Morgan fingerprint density at radius 1 is 1.23 bits per heavy atom. The van der Waals surface area contributed by atoms with Gasteiger partial charge < -0.3 is 5.32 Å². The van der Waals surface area contributed by atoms with Crippen molar-refractivity contribution < 1.29 is 0 Å². The fraction of sp³-hybridized carbons (Fsp3) is 0.667. The first kappa shape index (κ1) is 18.0. The zero-order chi connectivity index (χ0) is 15.9. The molecule has 0 atom stereocenters. The van der Waals surface area contributed by atoms with Gasteiger partial charge in [-0.15, -0.1) is 0 Å². The van der Waals surface area contributed by atoms with Crippen molar-refractivity contribution in [3.63, 3.8) is 0 Å². The second-order valence-electron chi connectivity index (χ2n) is 6.55. The van der Waals surface area contributed by atoms with Gasteiger partial charge in [-0.2, -0.15) is 0 Å². The minimum absolute atomic E-state index is 0.660. The van der Waals surface area contributed by atoms with E-state index >= 15 is 0 Å². The van der Waals surface area contributed by atoms with Crippen molar-refractivity contribution in [3.05, 3.63) is 28.8 Å². The lowest BCUT2D eigenvalue weighted by molar-refractivity contribution is 0.328. The summed E-state index contributed by atoms with van der Waals surface area (Å²) in [6, 6.07) is 7.05. The molecule has 0 amide bonds. The topological polar surface area (TPSA) is 24.1 Å². The smallest absolute Gasteiger partial charge is 0.0640 e. The molecule has 1 aliphatic rings. The molecular formula is C18H29ClN2S. The number of halogens is 1. The summed E-state index contributed by atoms with van der Waals surface area (Å²) in [5.74, 6) is 0.768. The molecule has 0 radical (unpaired) electrons. The first-order valence-electron chi connectivity index (χ1n) is 8.52. The van der Waals surface area contributed by atoms with Crippen LogP contribution in [-0.4, -0.2) is 17.8 Å². The van der Waals surface area contributed by atoms with Crippen LogP contribution < -0.4 is 10.0 Å². The molecule has 1 aliphatic carbocycles.